The number of halogens is 3. The maximum atomic E-state index is 12.3. The van der Waals surface area contributed by atoms with Crippen LogP contribution in [0.4, 0.5) is 13.2 Å². The minimum atomic E-state index is -4.38. The molecule has 9 heteroatoms. The average Bonchev–Trinajstić information content (AvgIpc) is 2.85. The number of nitrogens with zero attached hydrogens (tertiary/aromatic N) is 2. The van der Waals surface area contributed by atoms with Gasteiger partial charge in [0.1, 0.15) is 0 Å². The zero-order valence-electron chi connectivity index (χ0n) is 10.0. The van der Waals surface area contributed by atoms with Crippen LogP contribution in [0.1, 0.15) is 12.0 Å². The van der Waals surface area contributed by atoms with Crippen molar-refractivity contribution in [2.24, 2.45) is 0 Å². The summed E-state index contributed by atoms with van der Waals surface area (Å²) < 4.78 is 60.6. The van der Waals surface area contributed by atoms with Crippen molar-refractivity contribution in [1.82, 2.24) is 15.1 Å². The highest BCUT2D eigenvalue weighted by atomic mass is 32.2. The van der Waals surface area contributed by atoms with Gasteiger partial charge in [0.2, 0.25) is 0 Å². The van der Waals surface area contributed by atoms with Crippen molar-refractivity contribution in [3.05, 3.63) is 18.0 Å². The lowest BCUT2D eigenvalue weighted by molar-refractivity contribution is -0.137. The molecule has 5 nitrogen and oxygen atoms in total. The normalized spacial score (nSPS) is 22.8. The highest BCUT2D eigenvalue weighted by molar-refractivity contribution is 7.91. The monoisotopic (exact) mass is 297 g/mol. The van der Waals surface area contributed by atoms with Gasteiger partial charge in [-0.15, -0.1) is 0 Å². The van der Waals surface area contributed by atoms with Gasteiger partial charge < -0.3 is 5.32 Å². The third-order valence-corrected chi connectivity index (χ3v) is 4.73. The second-order valence-electron chi connectivity index (χ2n) is 4.54. The summed E-state index contributed by atoms with van der Waals surface area (Å²) >= 11 is 0. The Kier molecular flexibility index (Phi) is 3.86. The van der Waals surface area contributed by atoms with E-state index in [2.05, 4.69) is 10.4 Å². The predicted molar refractivity (Wildman–Crippen MR) is 62.3 cm³/mol. The maximum Gasteiger partial charge on any atom is 0.419 e. The van der Waals surface area contributed by atoms with Crippen molar-refractivity contribution in [2.75, 3.05) is 18.1 Å². The van der Waals surface area contributed by atoms with Crippen LogP contribution in [0.15, 0.2) is 12.4 Å². The summed E-state index contributed by atoms with van der Waals surface area (Å²) in [5.41, 5.74) is -0.782. The molecule has 1 unspecified atom stereocenters. The van der Waals surface area contributed by atoms with Crippen molar-refractivity contribution in [1.29, 1.82) is 0 Å². The highest BCUT2D eigenvalue weighted by Crippen LogP contribution is 2.28. The minimum Gasteiger partial charge on any atom is -0.311 e. The van der Waals surface area contributed by atoms with Crippen LogP contribution in [0.2, 0.25) is 0 Å². The van der Waals surface area contributed by atoms with Gasteiger partial charge in [0, 0.05) is 18.8 Å². The van der Waals surface area contributed by atoms with Crippen LogP contribution in [0.3, 0.4) is 0 Å². The third-order valence-electron chi connectivity index (χ3n) is 2.97. The van der Waals surface area contributed by atoms with E-state index in [1.54, 1.807) is 0 Å². The molecule has 1 N–H and O–H groups in total. The lowest BCUT2D eigenvalue weighted by atomic mass is 10.3. The Hall–Kier alpha value is -1.09. The molecular formula is C10H14F3N3O2S. The Morgan fingerprint density at radius 2 is 2.21 bits per heavy atom. The first kappa shape index (κ1) is 14.3. The van der Waals surface area contributed by atoms with Gasteiger partial charge in [-0.3, -0.25) is 4.68 Å². The van der Waals surface area contributed by atoms with Crippen LogP contribution in [0, 0.1) is 0 Å². The molecule has 0 aliphatic carbocycles. The first-order chi connectivity index (χ1) is 8.76. The molecule has 1 atom stereocenters. The number of sulfone groups is 1. The molecule has 2 heterocycles. The smallest absolute Gasteiger partial charge is 0.311 e. The molecule has 0 spiro atoms. The van der Waals surface area contributed by atoms with E-state index in [-0.39, 0.29) is 24.1 Å². The summed E-state index contributed by atoms with van der Waals surface area (Å²) in [6, 6.07) is -0.109. The van der Waals surface area contributed by atoms with E-state index in [1.807, 2.05) is 0 Å². The molecule has 0 radical (unpaired) electrons. The van der Waals surface area contributed by atoms with Crippen molar-refractivity contribution < 1.29 is 21.6 Å². The summed E-state index contributed by atoms with van der Waals surface area (Å²) in [4.78, 5) is 0. The van der Waals surface area contributed by atoms with Gasteiger partial charge in [-0.05, 0) is 6.42 Å². The molecule has 1 aromatic rings. The molecule has 2 rings (SSSR count). The Labute approximate surface area is 108 Å². The van der Waals surface area contributed by atoms with Crippen molar-refractivity contribution in [2.45, 2.75) is 25.2 Å². The molecule has 0 amide bonds. The summed E-state index contributed by atoms with van der Waals surface area (Å²) in [6.45, 7) is 0.659. The van der Waals surface area contributed by atoms with Crippen molar-refractivity contribution in [3.63, 3.8) is 0 Å². The van der Waals surface area contributed by atoms with Crippen LogP contribution in [-0.4, -0.2) is 42.3 Å². The number of alkyl halides is 3. The Balaban J connectivity index is 1.79. The number of hydrogen-bond acceptors (Lipinski definition) is 4. The second-order valence-corrected chi connectivity index (χ2v) is 6.77. The zero-order valence-corrected chi connectivity index (χ0v) is 10.8. The minimum absolute atomic E-state index is 0.0971. The lowest BCUT2D eigenvalue weighted by Gasteiger charge is -2.10. The topological polar surface area (TPSA) is 64.0 Å². The van der Waals surface area contributed by atoms with E-state index < -0.39 is 21.6 Å². The molecule has 108 valence electrons. The maximum absolute atomic E-state index is 12.3. The second kappa shape index (κ2) is 5.12. The van der Waals surface area contributed by atoms with Gasteiger partial charge in [0.05, 0.1) is 29.8 Å². The van der Waals surface area contributed by atoms with E-state index in [4.69, 9.17) is 0 Å². The molecule has 1 aliphatic rings. The molecule has 1 aliphatic heterocycles. The number of hydrogen-bond donors (Lipinski definition) is 1. The zero-order chi connectivity index (χ0) is 14.1. The summed E-state index contributed by atoms with van der Waals surface area (Å²) in [5.74, 6) is 0.268. The van der Waals surface area contributed by atoms with Crippen molar-refractivity contribution in [3.8, 4) is 0 Å². The van der Waals surface area contributed by atoms with Gasteiger partial charge in [-0.25, -0.2) is 8.42 Å². The van der Waals surface area contributed by atoms with Gasteiger partial charge in [-0.2, -0.15) is 18.3 Å². The van der Waals surface area contributed by atoms with Gasteiger partial charge in [0.15, 0.2) is 9.84 Å². The van der Waals surface area contributed by atoms with Crippen LogP contribution < -0.4 is 5.32 Å². The molecular weight excluding hydrogens is 283 g/mol. The molecule has 19 heavy (non-hydrogen) atoms. The molecule has 1 saturated heterocycles. The molecule has 1 fully saturated rings. The molecule has 1 aromatic heterocycles. The molecule has 0 bridgehead atoms. The van der Waals surface area contributed by atoms with Gasteiger partial charge in [0.25, 0.3) is 0 Å². The number of aromatic nitrogens is 2. The standard InChI is InChI=1S/C10H14F3N3O2S/c11-10(12,13)8-5-15-16(6-8)3-2-14-9-1-4-19(17,18)7-9/h5-6,9,14H,1-4,7H2. The Bertz CT molecular complexity index is 538. The fourth-order valence-corrected chi connectivity index (χ4v) is 3.68. The fourth-order valence-electron chi connectivity index (χ4n) is 1.97. The number of rotatable bonds is 4. The van der Waals surface area contributed by atoms with E-state index in [0.717, 1.165) is 12.4 Å². The molecule has 0 aromatic carbocycles. The van der Waals surface area contributed by atoms with Gasteiger partial charge in [-0.1, -0.05) is 0 Å². The fraction of sp³-hybridized carbons (Fsp3) is 0.700. The Morgan fingerprint density at radius 1 is 1.47 bits per heavy atom. The molecule has 0 saturated carbocycles. The Morgan fingerprint density at radius 3 is 2.74 bits per heavy atom. The van der Waals surface area contributed by atoms with Crippen LogP contribution in [0.25, 0.3) is 0 Å². The SMILES string of the molecule is O=S1(=O)CCC(NCCn2cc(C(F)(F)F)cn2)C1. The van der Waals surface area contributed by atoms with E-state index in [1.165, 1.54) is 4.68 Å². The summed E-state index contributed by atoms with van der Waals surface area (Å²) in [5, 5.41) is 6.63. The quantitative estimate of drug-likeness (QED) is 0.887. The van der Waals surface area contributed by atoms with Crippen LogP contribution in [-0.2, 0) is 22.6 Å². The first-order valence-corrected chi connectivity index (χ1v) is 7.62. The first-order valence-electron chi connectivity index (χ1n) is 5.80. The van der Waals surface area contributed by atoms with E-state index in [9.17, 15) is 21.6 Å². The highest BCUT2D eigenvalue weighted by Gasteiger charge is 2.32. The van der Waals surface area contributed by atoms with Crippen LogP contribution >= 0.6 is 0 Å². The number of nitrogens with one attached hydrogen (secondary N) is 1. The van der Waals surface area contributed by atoms with E-state index in [0.29, 0.717) is 13.0 Å². The lowest BCUT2D eigenvalue weighted by Crippen LogP contribution is -2.32. The van der Waals surface area contributed by atoms with Crippen LogP contribution in [0.5, 0.6) is 0 Å². The third kappa shape index (κ3) is 3.93. The largest absolute Gasteiger partial charge is 0.419 e. The summed E-state index contributed by atoms with van der Waals surface area (Å²) in [6.07, 6.45) is -2.12. The summed E-state index contributed by atoms with van der Waals surface area (Å²) in [7, 11) is -2.94. The van der Waals surface area contributed by atoms with Gasteiger partial charge >= 0.3 is 6.18 Å². The van der Waals surface area contributed by atoms with Crippen molar-refractivity contribution >= 4 is 9.84 Å². The predicted octanol–water partition coefficient (Wildman–Crippen LogP) is 0.679. The average molecular weight is 297 g/mol. The van der Waals surface area contributed by atoms with E-state index >= 15 is 0 Å².